The van der Waals surface area contributed by atoms with Crippen molar-refractivity contribution in [3.63, 3.8) is 0 Å². The van der Waals surface area contributed by atoms with E-state index in [1.165, 1.54) is 20.3 Å². The molecule has 1 aromatic heterocycles. The molecule has 0 radical (unpaired) electrons. The second-order valence-corrected chi connectivity index (χ2v) is 12.6. The third-order valence-electron chi connectivity index (χ3n) is 6.73. The summed E-state index contributed by atoms with van der Waals surface area (Å²) in [6.07, 6.45) is 2.48. The van der Waals surface area contributed by atoms with Crippen LogP contribution in [-0.4, -0.2) is 76.0 Å². The molecule has 2 atom stereocenters. The lowest BCUT2D eigenvalue weighted by Crippen LogP contribution is -2.35. The number of aryl methyl sites for hydroxylation is 1. The molecule has 13 nitrogen and oxygen atoms in total. The van der Waals surface area contributed by atoms with Gasteiger partial charge in [0, 0.05) is 49.9 Å². The molecular formula is C31H47IN3O10P. The highest BCUT2D eigenvalue weighted by Gasteiger charge is 2.30. The number of ether oxygens (including phenoxy) is 3. The van der Waals surface area contributed by atoms with Crippen LogP contribution in [0.5, 0.6) is 11.5 Å². The van der Waals surface area contributed by atoms with Crippen LogP contribution < -0.4 is 20.4 Å². The Balaban J connectivity index is 1.90. The first-order valence-corrected chi connectivity index (χ1v) is 17.3. The number of nitriles is 1. The normalized spacial score (nSPS) is 12.9. The van der Waals surface area contributed by atoms with Gasteiger partial charge in [-0.25, -0.2) is 14.4 Å². The number of fused-ring (bicyclic) bond motifs is 1. The second kappa shape index (κ2) is 22.5. The summed E-state index contributed by atoms with van der Waals surface area (Å²) in [4.78, 5) is 29.8. The Morgan fingerprint density at radius 3 is 2.50 bits per heavy atom. The zero-order chi connectivity index (χ0) is 33.9. The van der Waals surface area contributed by atoms with E-state index in [0.717, 1.165) is 0 Å². The maximum Gasteiger partial charge on any atom is 0.336 e. The predicted octanol–water partition coefficient (Wildman–Crippen LogP) is 6.01. The first kappa shape index (κ1) is 40.1. The van der Waals surface area contributed by atoms with Gasteiger partial charge >= 0.3 is 5.63 Å². The summed E-state index contributed by atoms with van der Waals surface area (Å²) in [5, 5.41) is 12.6. The van der Waals surface area contributed by atoms with E-state index in [2.05, 4.69) is 47.0 Å². The van der Waals surface area contributed by atoms with E-state index in [9.17, 15) is 9.59 Å². The molecule has 0 aliphatic carbocycles. The van der Waals surface area contributed by atoms with Crippen molar-refractivity contribution in [2.24, 2.45) is 0 Å². The third-order valence-corrected chi connectivity index (χ3v) is 9.17. The van der Waals surface area contributed by atoms with Crippen molar-refractivity contribution in [3.8, 4) is 17.6 Å². The highest BCUT2D eigenvalue weighted by atomic mass is 127. The molecule has 0 aliphatic heterocycles. The van der Waals surface area contributed by atoms with Crippen LogP contribution in [0.4, 0.5) is 0 Å². The van der Waals surface area contributed by atoms with Gasteiger partial charge in [-0.2, -0.15) is 8.48 Å². The van der Waals surface area contributed by atoms with Gasteiger partial charge in [0.05, 0.1) is 58.0 Å². The minimum absolute atomic E-state index is 0.143. The summed E-state index contributed by atoms with van der Waals surface area (Å²) < 4.78 is 41.4. The number of nitrogens with zero attached hydrogens (tertiary/aromatic N) is 2. The number of halogens is 1. The molecule has 2 aromatic rings. The minimum Gasteiger partial charge on any atom is -0.496 e. The van der Waals surface area contributed by atoms with Crippen LogP contribution in [0.1, 0.15) is 65.4 Å². The maximum absolute atomic E-state index is 12.6. The molecule has 0 spiro atoms. The highest BCUT2D eigenvalue weighted by Crippen LogP contribution is 2.47. The van der Waals surface area contributed by atoms with Crippen LogP contribution in [-0.2, 0) is 33.1 Å². The topological polar surface area (TPSA) is 151 Å². The lowest BCUT2D eigenvalue weighted by Gasteiger charge is -2.37. The van der Waals surface area contributed by atoms with Gasteiger partial charge in [-0.3, -0.25) is 4.79 Å². The number of carbonyl (C=O) groups excluding carboxylic acids is 1. The SMILES string of the molecule is COc1cc(OC)c2c(CCC(=O)NCCCOCC(CCCOOI)OP(OCCC#N)N(C(C)C)C(C)C)cc(=O)oc2c1. The Morgan fingerprint density at radius 1 is 1.09 bits per heavy atom. The van der Waals surface area contributed by atoms with Crippen LogP contribution in [0.25, 0.3) is 11.0 Å². The average molecular weight is 780 g/mol. The Labute approximate surface area is 286 Å². The first-order valence-electron chi connectivity index (χ1n) is 15.3. The first-order chi connectivity index (χ1) is 22.1. The zero-order valence-corrected chi connectivity index (χ0v) is 30.6. The number of rotatable bonds is 24. The van der Waals surface area contributed by atoms with Gasteiger partial charge in [0.25, 0.3) is 8.53 Å². The Kier molecular flexibility index (Phi) is 19.6. The molecule has 1 aromatic carbocycles. The number of methoxy groups -OCH3 is 2. The molecule has 2 rings (SSSR count). The van der Waals surface area contributed by atoms with E-state index in [1.807, 2.05) is 0 Å². The molecule has 0 bridgehead atoms. The van der Waals surface area contributed by atoms with Crippen LogP contribution in [0.2, 0.25) is 0 Å². The average Bonchev–Trinajstić information content (AvgIpc) is 3.02. The monoisotopic (exact) mass is 779 g/mol. The number of hydrogen-bond donors (Lipinski definition) is 1. The molecular weight excluding hydrogens is 732 g/mol. The maximum atomic E-state index is 12.6. The summed E-state index contributed by atoms with van der Waals surface area (Å²) >= 11 is 1.68. The van der Waals surface area contributed by atoms with Crippen molar-refractivity contribution < 1.29 is 40.6 Å². The summed E-state index contributed by atoms with van der Waals surface area (Å²) in [5.74, 6) is 0.858. The fraction of sp³-hybridized carbons (Fsp3) is 0.645. The van der Waals surface area contributed by atoms with E-state index in [4.69, 9.17) is 37.8 Å². The zero-order valence-electron chi connectivity index (χ0n) is 27.5. The van der Waals surface area contributed by atoms with E-state index in [1.54, 1.807) is 35.1 Å². The molecule has 0 saturated carbocycles. The van der Waals surface area contributed by atoms with Gasteiger partial charge in [0.2, 0.25) is 5.91 Å². The smallest absolute Gasteiger partial charge is 0.336 e. The molecule has 15 heteroatoms. The highest BCUT2D eigenvalue weighted by molar-refractivity contribution is 14.1. The van der Waals surface area contributed by atoms with Crippen molar-refractivity contribution in [1.82, 2.24) is 9.99 Å². The third kappa shape index (κ3) is 13.9. The van der Waals surface area contributed by atoms with Crippen molar-refractivity contribution in [3.05, 3.63) is 34.2 Å². The number of carbonyl (C=O) groups is 1. The summed E-state index contributed by atoms with van der Waals surface area (Å²) in [6.45, 7) is 10.2. The van der Waals surface area contributed by atoms with Crippen molar-refractivity contribution in [2.75, 3.05) is 47.2 Å². The molecule has 258 valence electrons. The number of hydrogen-bond acceptors (Lipinski definition) is 12. The van der Waals surface area contributed by atoms with Crippen molar-refractivity contribution in [2.45, 2.75) is 84.4 Å². The largest absolute Gasteiger partial charge is 0.496 e. The van der Waals surface area contributed by atoms with Crippen molar-refractivity contribution >= 4 is 48.4 Å². The summed E-state index contributed by atoms with van der Waals surface area (Å²) in [7, 11) is 1.62. The fourth-order valence-corrected chi connectivity index (χ4v) is 6.64. The van der Waals surface area contributed by atoms with Gasteiger partial charge in [-0.05, 0) is 58.9 Å². The van der Waals surface area contributed by atoms with E-state index in [-0.39, 0.29) is 43.5 Å². The summed E-state index contributed by atoms with van der Waals surface area (Å²) in [6, 6.07) is 7.20. The lowest BCUT2D eigenvalue weighted by atomic mass is 10.0. The molecule has 1 N–H and O–H groups in total. The second-order valence-electron chi connectivity index (χ2n) is 10.9. The van der Waals surface area contributed by atoms with Gasteiger partial charge in [0.1, 0.15) is 17.1 Å². The van der Waals surface area contributed by atoms with Crippen LogP contribution in [0.3, 0.4) is 0 Å². The van der Waals surface area contributed by atoms with E-state index in [0.29, 0.717) is 80.1 Å². The number of nitrogens with one attached hydrogen (secondary N) is 1. The van der Waals surface area contributed by atoms with Crippen LogP contribution >= 0.6 is 31.5 Å². The van der Waals surface area contributed by atoms with Gasteiger partial charge in [0.15, 0.2) is 23.0 Å². The Morgan fingerprint density at radius 2 is 1.85 bits per heavy atom. The van der Waals surface area contributed by atoms with Gasteiger partial charge in [-0.15, -0.1) is 0 Å². The van der Waals surface area contributed by atoms with Gasteiger partial charge in [-0.1, -0.05) is 0 Å². The molecule has 2 unspecified atom stereocenters. The quantitative estimate of drug-likeness (QED) is 0.0332. The fourth-order valence-electron chi connectivity index (χ4n) is 4.73. The minimum atomic E-state index is -1.43. The number of amides is 1. The van der Waals surface area contributed by atoms with Gasteiger partial charge < -0.3 is 33.0 Å². The summed E-state index contributed by atoms with van der Waals surface area (Å²) in [5.41, 5.74) is 0.494. The molecule has 46 heavy (non-hydrogen) atoms. The van der Waals surface area contributed by atoms with E-state index >= 15 is 0 Å². The molecule has 1 heterocycles. The number of benzene rings is 1. The predicted molar refractivity (Wildman–Crippen MR) is 183 cm³/mol. The molecule has 0 saturated heterocycles. The Hall–Kier alpha value is -2.09. The lowest BCUT2D eigenvalue weighted by molar-refractivity contribution is -0.167. The van der Waals surface area contributed by atoms with Crippen LogP contribution in [0.15, 0.2) is 27.4 Å². The van der Waals surface area contributed by atoms with E-state index < -0.39 is 14.2 Å². The Bertz CT molecular complexity index is 1280. The van der Waals surface area contributed by atoms with Crippen molar-refractivity contribution in [1.29, 1.82) is 5.26 Å². The molecule has 0 fully saturated rings. The molecule has 0 aliphatic rings. The molecule has 1 amide bonds. The van der Waals surface area contributed by atoms with Crippen LogP contribution in [0, 0.1) is 11.3 Å². The standard InChI is InChI=1S/C31H47IN3O10P/c1-22(2)35(23(3)4)46(42-17-8-13-33)44-25(10-7-16-41-45-32)21-40-15-9-14-34-29(36)12-11-24-18-30(37)43-28-20-26(38-5)19-27(39-6)31(24)28/h18-20,22-23,25H,7-12,14-17,21H2,1-6H3,(H,34,36).